The van der Waals surface area contributed by atoms with Gasteiger partial charge in [-0.3, -0.25) is 0 Å². The maximum absolute atomic E-state index is 13.0. The minimum atomic E-state index is -0.469. The zero-order valence-corrected chi connectivity index (χ0v) is 10.8. The lowest BCUT2D eigenvalue weighted by molar-refractivity contribution is 0.306. The molecule has 0 fully saturated rings. The highest BCUT2D eigenvalue weighted by Gasteiger charge is 2.06. The second-order valence-electron chi connectivity index (χ2n) is 3.68. The Morgan fingerprint density at radius 1 is 1.17 bits per heavy atom. The molecule has 2 nitrogen and oxygen atoms in total. The summed E-state index contributed by atoms with van der Waals surface area (Å²) in [6.07, 6.45) is 0. The summed E-state index contributed by atoms with van der Waals surface area (Å²) in [5.41, 5.74) is 6.24. The van der Waals surface area contributed by atoms with Crippen LogP contribution in [0.15, 0.2) is 36.4 Å². The molecule has 0 saturated carbocycles. The largest absolute Gasteiger partial charge is 0.489 e. The van der Waals surface area contributed by atoms with Crippen LogP contribution in [0.5, 0.6) is 5.75 Å². The second-order valence-corrected chi connectivity index (χ2v) is 4.47. The molecule has 2 aromatic carbocycles. The van der Waals surface area contributed by atoms with E-state index in [0.29, 0.717) is 15.8 Å². The van der Waals surface area contributed by atoms with Crippen molar-refractivity contribution in [1.82, 2.24) is 0 Å². The average molecular weight is 286 g/mol. The van der Waals surface area contributed by atoms with Gasteiger partial charge in [0.2, 0.25) is 0 Å². The number of halogens is 3. The van der Waals surface area contributed by atoms with Crippen LogP contribution in [0, 0.1) is 5.82 Å². The molecule has 0 heterocycles. The van der Waals surface area contributed by atoms with Crippen LogP contribution >= 0.6 is 23.2 Å². The molecule has 0 unspecified atom stereocenters. The summed E-state index contributed by atoms with van der Waals surface area (Å²) in [6, 6.07) is 9.47. The van der Waals surface area contributed by atoms with E-state index in [4.69, 9.17) is 33.7 Å². The van der Waals surface area contributed by atoms with Crippen LogP contribution in [-0.4, -0.2) is 0 Å². The Morgan fingerprint density at radius 3 is 2.67 bits per heavy atom. The third-order valence-corrected chi connectivity index (χ3v) is 3.25. The summed E-state index contributed by atoms with van der Waals surface area (Å²) in [5.74, 6) is 0.00748. The summed E-state index contributed by atoms with van der Waals surface area (Å²) in [6.45, 7) is 0.241. The van der Waals surface area contributed by atoms with Crippen molar-refractivity contribution in [2.45, 2.75) is 6.61 Å². The first-order valence-corrected chi connectivity index (χ1v) is 5.94. The van der Waals surface area contributed by atoms with Gasteiger partial charge < -0.3 is 10.5 Å². The molecule has 0 aliphatic heterocycles. The van der Waals surface area contributed by atoms with Crippen molar-refractivity contribution >= 4 is 28.9 Å². The second kappa shape index (κ2) is 5.46. The van der Waals surface area contributed by atoms with Gasteiger partial charge in [-0.2, -0.15) is 0 Å². The van der Waals surface area contributed by atoms with Gasteiger partial charge in [0.15, 0.2) is 0 Å². The lowest BCUT2D eigenvalue weighted by atomic mass is 10.2. The van der Waals surface area contributed by atoms with E-state index in [9.17, 15) is 4.39 Å². The average Bonchev–Trinajstić information content (AvgIpc) is 2.35. The molecule has 2 rings (SSSR count). The van der Waals surface area contributed by atoms with Crippen molar-refractivity contribution in [3.8, 4) is 5.75 Å². The number of ether oxygens (including phenoxy) is 1. The minimum absolute atomic E-state index is 0.0460. The van der Waals surface area contributed by atoms with Gasteiger partial charge in [-0.15, -0.1) is 0 Å². The van der Waals surface area contributed by atoms with Gasteiger partial charge in [0.05, 0.1) is 15.7 Å². The third kappa shape index (κ3) is 2.86. The molecule has 0 spiro atoms. The molecule has 0 aliphatic rings. The van der Waals surface area contributed by atoms with Crippen LogP contribution in [0.4, 0.5) is 10.1 Å². The number of rotatable bonds is 3. The van der Waals surface area contributed by atoms with Crippen LogP contribution in [0.2, 0.25) is 10.0 Å². The highest BCUT2D eigenvalue weighted by molar-refractivity contribution is 6.42. The quantitative estimate of drug-likeness (QED) is 0.854. The van der Waals surface area contributed by atoms with E-state index in [1.165, 1.54) is 18.2 Å². The van der Waals surface area contributed by atoms with Gasteiger partial charge in [-0.1, -0.05) is 35.3 Å². The van der Waals surface area contributed by atoms with Crippen molar-refractivity contribution in [3.05, 3.63) is 57.8 Å². The number of anilines is 1. The van der Waals surface area contributed by atoms with Gasteiger partial charge in [-0.25, -0.2) is 4.39 Å². The van der Waals surface area contributed by atoms with Crippen molar-refractivity contribution in [3.63, 3.8) is 0 Å². The van der Waals surface area contributed by atoms with Crippen molar-refractivity contribution < 1.29 is 9.13 Å². The first-order valence-electron chi connectivity index (χ1n) is 5.18. The molecular formula is C13H10Cl2FNO. The highest BCUT2D eigenvalue weighted by atomic mass is 35.5. The first kappa shape index (κ1) is 13.0. The lowest BCUT2D eigenvalue weighted by Crippen LogP contribution is -1.98. The number of hydrogen-bond donors (Lipinski definition) is 1. The maximum atomic E-state index is 13.0. The summed E-state index contributed by atoms with van der Waals surface area (Å²) in [5, 5.41) is 0.922. The SMILES string of the molecule is Nc1cc(OCc2cccc(Cl)c2Cl)ccc1F. The zero-order valence-electron chi connectivity index (χ0n) is 9.29. The molecule has 0 atom stereocenters. The van der Waals surface area contributed by atoms with Crippen LogP contribution in [0.3, 0.4) is 0 Å². The molecular weight excluding hydrogens is 276 g/mol. The molecule has 5 heteroatoms. The first-order chi connectivity index (χ1) is 8.58. The molecule has 0 radical (unpaired) electrons. The third-order valence-electron chi connectivity index (χ3n) is 2.39. The van der Waals surface area contributed by atoms with Crippen LogP contribution in [0.25, 0.3) is 0 Å². The molecule has 18 heavy (non-hydrogen) atoms. The molecule has 94 valence electrons. The normalized spacial score (nSPS) is 10.4. The molecule has 0 aliphatic carbocycles. The standard InChI is InChI=1S/C13H10Cl2FNO/c14-10-3-1-2-8(13(10)15)7-18-9-4-5-11(16)12(17)6-9/h1-6H,7,17H2. The number of nitrogens with two attached hydrogens (primary N) is 1. The van der Waals surface area contributed by atoms with E-state index in [2.05, 4.69) is 0 Å². The highest BCUT2D eigenvalue weighted by Crippen LogP contribution is 2.27. The monoisotopic (exact) mass is 285 g/mol. The van der Waals surface area contributed by atoms with Crippen LogP contribution in [-0.2, 0) is 6.61 Å². The molecule has 0 amide bonds. The van der Waals surface area contributed by atoms with Crippen LogP contribution < -0.4 is 10.5 Å². The Morgan fingerprint density at radius 2 is 1.94 bits per heavy atom. The number of hydrogen-bond acceptors (Lipinski definition) is 2. The summed E-state index contributed by atoms with van der Waals surface area (Å²) in [7, 11) is 0. The number of nitrogen functional groups attached to an aromatic ring is 1. The van der Waals surface area contributed by atoms with Crippen molar-refractivity contribution in [1.29, 1.82) is 0 Å². The fourth-order valence-electron chi connectivity index (χ4n) is 1.43. The molecule has 2 aromatic rings. The Balaban J connectivity index is 2.11. The molecule has 2 N–H and O–H groups in total. The van der Waals surface area contributed by atoms with Gasteiger partial charge >= 0.3 is 0 Å². The predicted molar refractivity (Wildman–Crippen MR) is 71.6 cm³/mol. The Hall–Kier alpha value is -1.45. The Kier molecular flexibility index (Phi) is 3.94. The van der Waals surface area contributed by atoms with E-state index in [-0.39, 0.29) is 12.3 Å². The van der Waals surface area contributed by atoms with E-state index in [0.717, 1.165) is 5.56 Å². The summed E-state index contributed by atoms with van der Waals surface area (Å²) in [4.78, 5) is 0. The van der Waals surface area contributed by atoms with Crippen molar-refractivity contribution in [2.75, 3.05) is 5.73 Å². The molecule has 0 aromatic heterocycles. The lowest BCUT2D eigenvalue weighted by Gasteiger charge is -2.09. The van der Waals surface area contributed by atoms with E-state index < -0.39 is 5.82 Å². The van der Waals surface area contributed by atoms with Gasteiger partial charge in [0.25, 0.3) is 0 Å². The van der Waals surface area contributed by atoms with E-state index in [1.54, 1.807) is 18.2 Å². The Labute approximate surface area is 114 Å². The molecule has 0 bridgehead atoms. The van der Waals surface area contributed by atoms with Gasteiger partial charge in [0.1, 0.15) is 18.2 Å². The van der Waals surface area contributed by atoms with Crippen LogP contribution in [0.1, 0.15) is 5.56 Å². The maximum Gasteiger partial charge on any atom is 0.146 e. The molecule has 0 saturated heterocycles. The zero-order chi connectivity index (χ0) is 13.1. The van der Waals surface area contributed by atoms with Gasteiger partial charge in [-0.05, 0) is 18.2 Å². The minimum Gasteiger partial charge on any atom is -0.489 e. The topological polar surface area (TPSA) is 35.2 Å². The predicted octanol–water partition coefficient (Wildman–Crippen LogP) is 4.29. The fraction of sp³-hybridized carbons (Fsp3) is 0.0769. The fourth-order valence-corrected chi connectivity index (χ4v) is 1.81. The smallest absolute Gasteiger partial charge is 0.146 e. The van der Waals surface area contributed by atoms with E-state index in [1.807, 2.05) is 0 Å². The van der Waals surface area contributed by atoms with E-state index >= 15 is 0 Å². The van der Waals surface area contributed by atoms with Gasteiger partial charge in [0, 0.05) is 11.6 Å². The Bertz CT molecular complexity index is 575. The number of benzene rings is 2. The summed E-state index contributed by atoms with van der Waals surface area (Å²) >= 11 is 11.9. The van der Waals surface area contributed by atoms with Crippen molar-refractivity contribution in [2.24, 2.45) is 0 Å². The summed E-state index contributed by atoms with van der Waals surface area (Å²) < 4.78 is 18.4.